The quantitative estimate of drug-likeness (QED) is 0.795. The summed E-state index contributed by atoms with van der Waals surface area (Å²) < 4.78 is 0. The minimum absolute atomic E-state index is 0.282. The largest absolute Gasteiger partial charge is 0.345 e. The second-order valence-corrected chi connectivity index (χ2v) is 5.22. The van der Waals surface area contributed by atoms with Crippen LogP contribution in [0.3, 0.4) is 0 Å². The van der Waals surface area contributed by atoms with Gasteiger partial charge in [-0.2, -0.15) is 0 Å². The number of para-hydroxylation sites is 1. The number of likely N-dealkylation sites (N-methyl/N-ethyl adjacent to an activating group) is 1. The zero-order valence-electron chi connectivity index (χ0n) is 10.8. The van der Waals surface area contributed by atoms with Crippen molar-refractivity contribution in [2.24, 2.45) is 0 Å². The van der Waals surface area contributed by atoms with E-state index in [2.05, 4.69) is 59.7 Å². The summed E-state index contributed by atoms with van der Waals surface area (Å²) in [5.41, 5.74) is 3.73. The number of nitrogens with one attached hydrogen (secondary N) is 1. The average Bonchev–Trinajstić information content (AvgIpc) is 2.58. The molecule has 1 atom stereocenters. The van der Waals surface area contributed by atoms with Gasteiger partial charge in [0.15, 0.2) is 5.11 Å². The molecular formula is C16H16N2S. The van der Waals surface area contributed by atoms with Gasteiger partial charge in [-0.05, 0) is 35.8 Å². The number of hydrogen-bond acceptors (Lipinski definition) is 1. The molecule has 1 aliphatic heterocycles. The predicted octanol–water partition coefficient (Wildman–Crippen LogP) is 3.61. The van der Waals surface area contributed by atoms with Crippen molar-refractivity contribution in [2.75, 3.05) is 12.4 Å². The smallest absolute Gasteiger partial charge is 0.173 e. The zero-order chi connectivity index (χ0) is 13.2. The maximum atomic E-state index is 5.48. The lowest BCUT2D eigenvalue weighted by atomic mass is 9.98. The molecule has 2 aromatic carbocycles. The van der Waals surface area contributed by atoms with Crippen LogP contribution in [0.4, 0.5) is 5.69 Å². The highest BCUT2D eigenvalue weighted by Crippen LogP contribution is 2.31. The van der Waals surface area contributed by atoms with E-state index in [1.54, 1.807) is 0 Å². The molecular weight excluding hydrogens is 252 g/mol. The van der Waals surface area contributed by atoms with Crippen LogP contribution >= 0.6 is 12.2 Å². The number of nitrogens with zero attached hydrogens (tertiary/aromatic N) is 1. The van der Waals surface area contributed by atoms with E-state index in [-0.39, 0.29) is 6.04 Å². The van der Waals surface area contributed by atoms with E-state index >= 15 is 0 Å². The molecule has 2 aromatic rings. The van der Waals surface area contributed by atoms with Gasteiger partial charge in [-0.1, -0.05) is 48.5 Å². The topological polar surface area (TPSA) is 15.3 Å². The third kappa shape index (κ3) is 2.34. The Hall–Kier alpha value is -1.87. The van der Waals surface area contributed by atoms with Gasteiger partial charge in [0.2, 0.25) is 0 Å². The molecule has 0 amide bonds. The summed E-state index contributed by atoms with van der Waals surface area (Å²) in [6, 6.07) is 19.2. The Morgan fingerprint density at radius 3 is 2.53 bits per heavy atom. The average molecular weight is 268 g/mol. The number of anilines is 1. The molecule has 0 fully saturated rings. The van der Waals surface area contributed by atoms with Crippen molar-refractivity contribution in [2.45, 2.75) is 12.5 Å². The van der Waals surface area contributed by atoms with E-state index in [1.807, 2.05) is 12.1 Å². The van der Waals surface area contributed by atoms with Gasteiger partial charge in [-0.15, -0.1) is 0 Å². The molecule has 0 bridgehead atoms. The van der Waals surface area contributed by atoms with Crippen molar-refractivity contribution in [3.8, 4) is 0 Å². The maximum absolute atomic E-state index is 5.48. The summed E-state index contributed by atoms with van der Waals surface area (Å²) >= 11 is 5.48. The minimum atomic E-state index is 0.282. The Labute approximate surface area is 119 Å². The second kappa shape index (κ2) is 5.02. The Balaban J connectivity index is 2.03. The molecule has 19 heavy (non-hydrogen) atoms. The van der Waals surface area contributed by atoms with E-state index in [4.69, 9.17) is 12.2 Å². The molecule has 0 unspecified atom stereocenters. The van der Waals surface area contributed by atoms with E-state index in [1.165, 1.54) is 11.1 Å². The molecule has 1 heterocycles. The van der Waals surface area contributed by atoms with Crippen molar-refractivity contribution in [3.05, 3.63) is 65.7 Å². The fraction of sp³-hybridized carbons (Fsp3) is 0.188. The van der Waals surface area contributed by atoms with Crippen LogP contribution in [-0.2, 0) is 6.42 Å². The van der Waals surface area contributed by atoms with Crippen LogP contribution in [-0.4, -0.2) is 17.1 Å². The van der Waals surface area contributed by atoms with E-state index in [0.717, 1.165) is 17.2 Å². The first-order chi connectivity index (χ1) is 9.25. The lowest BCUT2D eigenvalue weighted by Crippen LogP contribution is -2.33. The third-order valence-corrected chi connectivity index (χ3v) is 4.03. The highest BCUT2D eigenvalue weighted by Gasteiger charge is 2.24. The van der Waals surface area contributed by atoms with E-state index in [9.17, 15) is 0 Å². The lowest BCUT2D eigenvalue weighted by molar-refractivity contribution is 0.381. The summed E-state index contributed by atoms with van der Waals surface area (Å²) in [5.74, 6) is 0. The normalized spacial score (nSPS) is 18.5. The Kier molecular flexibility index (Phi) is 3.22. The molecule has 1 N–H and O–H groups in total. The standard InChI is InChI=1S/C16H16N2S/c1-18-15(12-7-3-2-4-8-12)11-13-9-5-6-10-14(13)17-16(18)19/h2-10,15H,11H2,1H3,(H,17,19)/t15-/m0/s1. The van der Waals surface area contributed by atoms with Gasteiger partial charge >= 0.3 is 0 Å². The molecule has 0 saturated carbocycles. The Morgan fingerprint density at radius 1 is 1.05 bits per heavy atom. The van der Waals surface area contributed by atoms with Gasteiger partial charge in [-0.3, -0.25) is 0 Å². The molecule has 0 spiro atoms. The van der Waals surface area contributed by atoms with Crippen molar-refractivity contribution >= 4 is 23.0 Å². The monoisotopic (exact) mass is 268 g/mol. The van der Waals surface area contributed by atoms with Crippen LogP contribution in [0.2, 0.25) is 0 Å². The highest BCUT2D eigenvalue weighted by molar-refractivity contribution is 7.80. The first-order valence-corrected chi connectivity index (χ1v) is 6.83. The zero-order valence-corrected chi connectivity index (χ0v) is 11.7. The number of hydrogen-bond donors (Lipinski definition) is 1. The number of fused-ring (bicyclic) bond motifs is 1. The van der Waals surface area contributed by atoms with Crippen LogP contribution in [0.1, 0.15) is 17.2 Å². The number of thiocarbonyl (C=S) groups is 1. The molecule has 0 aromatic heterocycles. The van der Waals surface area contributed by atoms with Gasteiger partial charge in [0.05, 0.1) is 6.04 Å². The summed E-state index contributed by atoms with van der Waals surface area (Å²) in [6.45, 7) is 0. The highest BCUT2D eigenvalue weighted by atomic mass is 32.1. The van der Waals surface area contributed by atoms with Crippen LogP contribution < -0.4 is 5.32 Å². The first kappa shape index (κ1) is 12.2. The van der Waals surface area contributed by atoms with Crippen LogP contribution in [0.15, 0.2) is 54.6 Å². The van der Waals surface area contributed by atoms with E-state index in [0.29, 0.717) is 0 Å². The fourth-order valence-electron chi connectivity index (χ4n) is 2.53. The first-order valence-electron chi connectivity index (χ1n) is 6.42. The van der Waals surface area contributed by atoms with Crippen molar-refractivity contribution in [1.82, 2.24) is 4.90 Å². The van der Waals surface area contributed by atoms with E-state index < -0.39 is 0 Å². The number of rotatable bonds is 1. The van der Waals surface area contributed by atoms with Gasteiger partial charge in [0.25, 0.3) is 0 Å². The van der Waals surface area contributed by atoms with Gasteiger partial charge in [0, 0.05) is 12.7 Å². The molecule has 3 heteroatoms. The molecule has 0 radical (unpaired) electrons. The van der Waals surface area contributed by atoms with Gasteiger partial charge < -0.3 is 10.2 Å². The van der Waals surface area contributed by atoms with Crippen LogP contribution in [0.25, 0.3) is 0 Å². The molecule has 0 saturated heterocycles. The molecule has 2 nitrogen and oxygen atoms in total. The van der Waals surface area contributed by atoms with Crippen LogP contribution in [0.5, 0.6) is 0 Å². The second-order valence-electron chi connectivity index (χ2n) is 4.83. The Bertz CT molecular complexity index is 595. The van der Waals surface area contributed by atoms with Crippen molar-refractivity contribution < 1.29 is 0 Å². The maximum Gasteiger partial charge on any atom is 0.173 e. The van der Waals surface area contributed by atoms with Crippen molar-refractivity contribution in [3.63, 3.8) is 0 Å². The summed E-state index contributed by atoms with van der Waals surface area (Å²) in [7, 11) is 2.05. The molecule has 0 aliphatic carbocycles. The van der Waals surface area contributed by atoms with Gasteiger partial charge in [-0.25, -0.2) is 0 Å². The Morgan fingerprint density at radius 2 is 1.74 bits per heavy atom. The summed E-state index contributed by atoms with van der Waals surface area (Å²) in [6.07, 6.45) is 0.962. The summed E-state index contributed by atoms with van der Waals surface area (Å²) in [4.78, 5) is 2.14. The minimum Gasteiger partial charge on any atom is -0.345 e. The fourth-order valence-corrected chi connectivity index (χ4v) is 2.76. The summed E-state index contributed by atoms with van der Waals surface area (Å²) in [5, 5.41) is 4.11. The molecule has 1 aliphatic rings. The van der Waals surface area contributed by atoms with Crippen molar-refractivity contribution in [1.29, 1.82) is 0 Å². The SMILES string of the molecule is CN1C(=S)Nc2ccccc2C[C@H]1c1ccccc1. The van der Waals surface area contributed by atoms with Gasteiger partial charge in [0.1, 0.15) is 0 Å². The third-order valence-electron chi connectivity index (χ3n) is 3.64. The predicted molar refractivity (Wildman–Crippen MR) is 83.3 cm³/mol. The molecule has 96 valence electrons. The van der Waals surface area contributed by atoms with Crippen LogP contribution in [0, 0.1) is 0 Å². The lowest BCUT2D eigenvalue weighted by Gasteiger charge is -2.28. The number of benzene rings is 2. The molecule has 3 rings (SSSR count).